The van der Waals surface area contributed by atoms with Crippen LogP contribution in [0.5, 0.6) is 0 Å². The molecule has 1 aliphatic carbocycles. The Morgan fingerprint density at radius 3 is 2.93 bits per heavy atom. The molecule has 0 unspecified atom stereocenters. The van der Waals surface area contributed by atoms with E-state index in [0.29, 0.717) is 11.7 Å². The largest absolute Gasteiger partial charge is 0.481 e. The highest BCUT2D eigenvalue weighted by atomic mass is 79.9. The van der Waals surface area contributed by atoms with Crippen molar-refractivity contribution in [1.82, 2.24) is 9.78 Å². The van der Waals surface area contributed by atoms with Gasteiger partial charge in [-0.15, -0.1) is 0 Å². The lowest BCUT2D eigenvalue weighted by atomic mass is 9.93. The van der Waals surface area contributed by atoms with Crippen LogP contribution in [-0.2, 0) is 11.2 Å². The number of halogens is 1. The molecule has 0 aromatic carbocycles. The van der Waals surface area contributed by atoms with Gasteiger partial charge in [0.2, 0.25) is 0 Å². The van der Waals surface area contributed by atoms with Gasteiger partial charge in [0.25, 0.3) is 0 Å². The van der Waals surface area contributed by atoms with Gasteiger partial charge in [-0.25, -0.2) is 0 Å². The molecule has 0 radical (unpaired) electrons. The summed E-state index contributed by atoms with van der Waals surface area (Å²) in [6.07, 6.45) is 3.53. The second kappa shape index (κ2) is 3.73. The number of rotatable bonds is 3. The first-order valence-electron chi connectivity index (χ1n) is 4.62. The first-order chi connectivity index (χ1) is 6.66. The molecule has 0 spiro atoms. The van der Waals surface area contributed by atoms with E-state index >= 15 is 0 Å². The zero-order valence-corrected chi connectivity index (χ0v) is 9.20. The average molecular weight is 259 g/mol. The van der Waals surface area contributed by atoms with Crippen LogP contribution >= 0.6 is 15.9 Å². The van der Waals surface area contributed by atoms with Crippen LogP contribution in [0.4, 0.5) is 0 Å². The summed E-state index contributed by atoms with van der Waals surface area (Å²) in [5.74, 6) is -0.837. The van der Waals surface area contributed by atoms with Gasteiger partial charge in [0.15, 0.2) is 0 Å². The summed E-state index contributed by atoms with van der Waals surface area (Å²) in [5, 5.41) is 12.9. The molecule has 1 aromatic rings. The fourth-order valence-electron chi connectivity index (χ4n) is 1.55. The molecule has 0 atom stereocenters. The van der Waals surface area contributed by atoms with Crippen LogP contribution in [0, 0.1) is 0 Å². The van der Waals surface area contributed by atoms with E-state index in [1.54, 1.807) is 6.07 Å². The molecule has 76 valence electrons. The Bertz CT molecular complexity index is 358. The third-order valence-corrected chi connectivity index (χ3v) is 3.09. The molecular formula is C9H11BrN2O2. The van der Waals surface area contributed by atoms with Crippen molar-refractivity contribution in [3.05, 3.63) is 16.4 Å². The molecule has 1 N–H and O–H groups in total. The van der Waals surface area contributed by atoms with E-state index in [2.05, 4.69) is 21.0 Å². The first-order valence-corrected chi connectivity index (χ1v) is 5.42. The maximum absolute atomic E-state index is 10.5. The van der Waals surface area contributed by atoms with Crippen molar-refractivity contribution in [3.63, 3.8) is 0 Å². The summed E-state index contributed by atoms with van der Waals surface area (Å²) in [7, 11) is 0. The Kier molecular flexibility index (Phi) is 2.58. The molecule has 5 heteroatoms. The highest BCUT2D eigenvalue weighted by Crippen LogP contribution is 2.33. The molecule has 0 bridgehead atoms. The minimum atomic E-state index is -0.837. The number of carbonyl (C=O) groups is 1. The second-order valence-electron chi connectivity index (χ2n) is 3.56. The molecule has 1 aliphatic rings. The van der Waals surface area contributed by atoms with Crippen molar-refractivity contribution >= 4 is 21.9 Å². The maximum Gasteiger partial charge on any atom is 0.309 e. The minimum Gasteiger partial charge on any atom is -0.481 e. The lowest BCUT2D eigenvalue weighted by molar-refractivity contribution is -0.136. The van der Waals surface area contributed by atoms with Gasteiger partial charge in [0.1, 0.15) is 4.60 Å². The molecule has 1 fully saturated rings. The molecule has 2 rings (SSSR count). The monoisotopic (exact) mass is 258 g/mol. The highest BCUT2D eigenvalue weighted by molar-refractivity contribution is 9.10. The molecule has 1 aromatic heterocycles. The normalized spacial score (nSPS) is 16.6. The average Bonchev–Trinajstić information content (AvgIpc) is 2.27. The van der Waals surface area contributed by atoms with Crippen LogP contribution in [0.3, 0.4) is 0 Å². The fraction of sp³-hybridized carbons (Fsp3) is 0.556. The lowest BCUT2D eigenvalue weighted by Crippen LogP contribution is -2.18. The van der Waals surface area contributed by atoms with Gasteiger partial charge < -0.3 is 5.11 Å². The number of aliphatic carboxylic acids is 1. The standard InChI is InChI=1S/C9H11BrN2O2/c10-8-4-6(5-9(13)14)11-12(8)7-2-1-3-7/h4,7H,1-3,5H2,(H,13,14). The smallest absolute Gasteiger partial charge is 0.309 e. The number of aromatic nitrogens is 2. The number of nitrogens with zero attached hydrogens (tertiary/aromatic N) is 2. The van der Waals surface area contributed by atoms with Gasteiger partial charge in [-0.2, -0.15) is 5.10 Å². The van der Waals surface area contributed by atoms with Crippen LogP contribution < -0.4 is 0 Å². The van der Waals surface area contributed by atoms with E-state index in [9.17, 15) is 4.79 Å². The third-order valence-electron chi connectivity index (χ3n) is 2.49. The summed E-state index contributed by atoms with van der Waals surface area (Å²) in [4.78, 5) is 10.5. The summed E-state index contributed by atoms with van der Waals surface area (Å²) in [5.41, 5.74) is 0.622. The predicted molar refractivity (Wildman–Crippen MR) is 54.2 cm³/mol. The summed E-state index contributed by atoms with van der Waals surface area (Å²) >= 11 is 3.39. The Labute approximate surface area is 90.0 Å². The maximum atomic E-state index is 10.5. The van der Waals surface area contributed by atoms with Gasteiger partial charge in [-0.3, -0.25) is 9.48 Å². The van der Waals surface area contributed by atoms with Crippen molar-refractivity contribution in [2.45, 2.75) is 31.7 Å². The van der Waals surface area contributed by atoms with E-state index < -0.39 is 5.97 Å². The topological polar surface area (TPSA) is 55.1 Å². The van der Waals surface area contributed by atoms with Gasteiger partial charge in [-0.05, 0) is 41.3 Å². The molecule has 1 heterocycles. The Hall–Kier alpha value is -0.840. The van der Waals surface area contributed by atoms with E-state index in [-0.39, 0.29) is 6.42 Å². The van der Waals surface area contributed by atoms with E-state index in [1.165, 1.54) is 6.42 Å². The molecule has 0 saturated heterocycles. The Morgan fingerprint density at radius 2 is 2.43 bits per heavy atom. The van der Waals surface area contributed by atoms with Gasteiger partial charge >= 0.3 is 5.97 Å². The molecule has 1 saturated carbocycles. The van der Waals surface area contributed by atoms with Crippen molar-refractivity contribution in [3.8, 4) is 0 Å². The molecule has 4 nitrogen and oxygen atoms in total. The van der Waals surface area contributed by atoms with Gasteiger partial charge in [-0.1, -0.05) is 0 Å². The number of carboxylic acid groups (broad SMARTS) is 1. The molecular weight excluding hydrogens is 248 g/mol. The highest BCUT2D eigenvalue weighted by Gasteiger charge is 2.22. The second-order valence-corrected chi connectivity index (χ2v) is 4.37. The summed E-state index contributed by atoms with van der Waals surface area (Å²) in [6.45, 7) is 0. The number of hydrogen-bond donors (Lipinski definition) is 1. The van der Waals surface area contributed by atoms with Crippen LogP contribution in [-0.4, -0.2) is 20.9 Å². The molecule has 0 aliphatic heterocycles. The summed E-state index contributed by atoms with van der Waals surface area (Å²) in [6, 6.07) is 2.25. The lowest BCUT2D eigenvalue weighted by Gasteiger charge is -2.26. The SMILES string of the molecule is O=C(O)Cc1cc(Br)n(C2CCC2)n1. The van der Waals surface area contributed by atoms with Crippen LogP contribution in [0.15, 0.2) is 10.7 Å². The molecule has 0 amide bonds. The number of hydrogen-bond acceptors (Lipinski definition) is 2. The molecule has 14 heavy (non-hydrogen) atoms. The van der Waals surface area contributed by atoms with Crippen molar-refractivity contribution < 1.29 is 9.90 Å². The van der Waals surface area contributed by atoms with Crippen molar-refractivity contribution in [2.24, 2.45) is 0 Å². The van der Waals surface area contributed by atoms with Gasteiger partial charge in [0, 0.05) is 0 Å². The predicted octanol–water partition coefficient (Wildman–Crippen LogP) is 2.00. The Balaban J connectivity index is 2.16. The van der Waals surface area contributed by atoms with Crippen LogP contribution in [0.1, 0.15) is 31.0 Å². The number of carboxylic acids is 1. The van der Waals surface area contributed by atoms with Gasteiger partial charge in [0.05, 0.1) is 18.2 Å². The Morgan fingerprint density at radius 1 is 1.71 bits per heavy atom. The van der Waals surface area contributed by atoms with E-state index in [1.807, 2.05) is 4.68 Å². The quantitative estimate of drug-likeness (QED) is 0.903. The van der Waals surface area contributed by atoms with Crippen LogP contribution in [0.2, 0.25) is 0 Å². The third kappa shape index (κ3) is 1.82. The fourth-order valence-corrected chi connectivity index (χ4v) is 2.18. The zero-order chi connectivity index (χ0) is 10.1. The van der Waals surface area contributed by atoms with Crippen molar-refractivity contribution in [2.75, 3.05) is 0 Å². The zero-order valence-electron chi connectivity index (χ0n) is 7.61. The summed E-state index contributed by atoms with van der Waals surface area (Å²) < 4.78 is 2.78. The minimum absolute atomic E-state index is 0.00167. The van der Waals surface area contributed by atoms with Crippen molar-refractivity contribution in [1.29, 1.82) is 0 Å². The van der Waals surface area contributed by atoms with Crippen LogP contribution in [0.25, 0.3) is 0 Å². The van der Waals surface area contributed by atoms with E-state index in [0.717, 1.165) is 17.4 Å². The van der Waals surface area contributed by atoms with E-state index in [4.69, 9.17) is 5.11 Å². The first kappa shape index (κ1) is 9.71.